The molecule has 2 aromatic carbocycles. The Morgan fingerprint density at radius 3 is 2.81 bits per heavy atom. The van der Waals surface area contributed by atoms with Gasteiger partial charge in [-0.15, -0.1) is 0 Å². The van der Waals surface area contributed by atoms with Gasteiger partial charge in [0.15, 0.2) is 0 Å². The number of nitrogens with one attached hydrogen (secondary N) is 1. The smallest absolute Gasteiger partial charge is 0.122 e. The molecule has 0 aliphatic heterocycles. The Balaban J connectivity index is 1.53. The number of hydrogen-bond donors (Lipinski definition) is 1. The summed E-state index contributed by atoms with van der Waals surface area (Å²) in [4.78, 5) is 0. The van der Waals surface area contributed by atoms with Gasteiger partial charge < -0.3 is 10.1 Å². The zero-order valence-electron chi connectivity index (χ0n) is 12.2. The predicted molar refractivity (Wildman–Crippen MR) is 87.3 cm³/mol. The van der Waals surface area contributed by atoms with E-state index in [9.17, 15) is 0 Å². The van der Waals surface area contributed by atoms with Gasteiger partial charge >= 0.3 is 0 Å². The molecule has 0 bridgehead atoms. The molecule has 1 N–H and O–H groups in total. The molecule has 0 radical (unpaired) electrons. The van der Waals surface area contributed by atoms with Crippen molar-refractivity contribution < 1.29 is 4.74 Å². The summed E-state index contributed by atoms with van der Waals surface area (Å²) < 4.78 is 5.39. The van der Waals surface area contributed by atoms with Crippen molar-refractivity contribution in [1.82, 2.24) is 5.32 Å². The van der Waals surface area contributed by atoms with Crippen LogP contribution in [0.2, 0.25) is 5.02 Å². The molecule has 1 aliphatic rings. The van der Waals surface area contributed by atoms with Crippen molar-refractivity contribution in [2.75, 3.05) is 13.7 Å². The molecular formula is C18H20ClNO. The van der Waals surface area contributed by atoms with Gasteiger partial charge in [0.25, 0.3) is 0 Å². The van der Waals surface area contributed by atoms with Crippen molar-refractivity contribution >= 4 is 11.6 Å². The minimum Gasteiger partial charge on any atom is -0.496 e. The van der Waals surface area contributed by atoms with Gasteiger partial charge in [0.05, 0.1) is 7.11 Å². The summed E-state index contributed by atoms with van der Waals surface area (Å²) in [6.45, 7) is 0.965. The predicted octanol–water partition coefficient (Wildman–Crippen LogP) is 3.65. The molecule has 3 heteroatoms. The molecule has 110 valence electrons. The van der Waals surface area contributed by atoms with E-state index in [1.807, 2.05) is 18.2 Å². The Kier molecular flexibility index (Phi) is 4.47. The third-order valence-corrected chi connectivity index (χ3v) is 4.36. The second-order valence-corrected chi connectivity index (χ2v) is 5.97. The largest absolute Gasteiger partial charge is 0.496 e. The molecule has 3 rings (SSSR count). The summed E-state index contributed by atoms with van der Waals surface area (Å²) in [7, 11) is 1.73. The maximum atomic E-state index is 6.05. The number of hydrogen-bond acceptors (Lipinski definition) is 2. The highest BCUT2D eigenvalue weighted by molar-refractivity contribution is 6.30. The van der Waals surface area contributed by atoms with Gasteiger partial charge in [-0.2, -0.15) is 0 Å². The molecule has 0 aromatic heterocycles. The van der Waals surface area contributed by atoms with E-state index in [-0.39, 0.29) is 0 Å². The molecule has 0 saturated heterocycles. The van der Waals surface area contributed by atoms with Crippen LogP contribution in [0.1, 0.15) is 16.7 Å². The lowest BCUT2D eigenvalue weighted by Crippen LogP contribution is -2.31. The third kappa shape index (κ3) is 3.39. The van der Waals surface area contributed by atoms with E-state index in [0.717, 1.165) is 36.6 Å². The fourth-order valence-corrected chi connectivity index (χ4v) is 3.25. The molecule has 0 saturated carbocycles. The maximum Gasteiger partial charge on any atom is 0.122 e. The van der Waals surface area contributed by atoms with Gasteiger partial charge in [0, 0.05) is 11.1 Å². The van der Waals surface area contributed by atoms with Crippen LogP contribution in [0.25, 0.3) is 0 Å². The number of methoxy groups -OCH3 is 1. The highest BCUT2D eigenvalue weighted by Crippen LogP contribution is 2.25. The molecule has 1 aliphatic carbocycles. The van der Waals surface area contributed by atoms with Crippen LogP contribution in [0.15, 0.2) is 42.5 Å². The fourth-order valence-electron chi connectivity index (χ4n) is 3.05. The first-order valence-corrected chi connectivity index (χ1v) is 7.76. The van der Waals surface area contributed by atoms with Crippen molar-refractivity contribution in [1.29, 1.82) is 0 Å². The summed E-state index contributed by atoms with van der Waals surface area (Å²) in [5.74, 6) is 0.973. The Morgan fingerprint density at radius 1 is 1.14 bits per heavy atom. The molecule has 21 heavy (non-hydrogen) atoms. The van der Waals surface area contributed by atoms with Crippen LogP contribution >= 0.6 is 11.6 Å². The Bertz CT molecular complexity index is 626. The van der Waals surface area contributed by atoms with Crippen molar-refractivity contribution in [2.45, 2.75) is 25.3 Å². The number of benzene rings is 2. The molecule has 2 aromatic rings. The maximum absolute atomic E-state index is 6.05. The lowest BCUT2D eigenvalue weighted by Gasteiger charge is -2.13. The Morgan fingerprint density at radius 2 is 1.95 bits per heavy atom. The van der Waals surface area contributed by atoms with Crippen LogP contribution in [0.5, 0.6) is 5.75 Å². The van der Waals surface area contributed by atoms with Crippen LogP contribution in [-0.4, -0.2) is 19.7 Å². The van der Waals surface area contributed by atoms with Crippen LogP contribution < -0.4 is 10.1 Å². The average molecular weight is 302 g/mol. The highest BCUT2D eigenvalue weighted by atomic mass is 35.5. The lowest BCUT2D eigenvalue weighted by atomic mass is 10.1. The summed E-state index contributed by atoms with van der Waals surface area (Å²) in [6.07, 6.45) is 3.15. The molecule has 0 fully saturated rings. The molecule has 1 atom stereocenters. The minimum absolute atomic E-state index is 0.521. The number of fused-ring (bicyclic) bond motifs is 1. The van der Waals surface area contributed by atoms with Crippen LogP contribution in [0, 0.1) is 0 Å². The minimum atomic E-state index is 0.521. The molecule has 0 amide bonds. The third-order valence-electron chi connectivity index (χ3n) is 4.12. The molecular weight excluding hydrogens is 282 g/mol. The zero-order valence-corrected chi connectivity index (χ0v) is 13.0. The summed E-state index contributed by atoms with van der Waals surface area (Å²) in [6, 6.07) is 15.0. The summed E-state index contributed by atoms with van der Waals surface area (Å²) >= 11 is 6.05. The second kappa shape index (κ2) is 6.50. The van der Waals surface area contributed by atoms with E-state index in [1.165, 1.54) is 16.7 Å². The Hall–Kier alpha value is -1.51. The molecule has 1 unspecified atom stereocenters. The first kappa shape index (κ1) is 14.4. The van der Waals surface area contributed by atoms with Crippen LogP contribution in [0.4, 0.5) is 0 Å². The van der Waals surface area contributed by atoms with E-state index in [1.54, 1.807) is 7.11 Å². The van der Waals surface area contributed by atoms with Gasteiger partial charge in [0.2, 0.25) is 0 Å². The number of ether oxygens (including phenoxy) is 1. The molecule has 2 nitrogen and oxygen atoms in total. The Labute approximate surface area is 131 Å². The standard InChI is InChI=1S/C18H20ClNO/c1-21-18-5-3-2-4-13(18)8-9-20-17-11-14-6-7-16(19)10-15(14)12-17/h2-7,10,17,20H,8-9,11-12H2,1H3. The van der Waals surface area contributed by atoms with E-state index < -0.39 is 0 Å². The van der Waals surface area contributed by atoms with Crippen LogP contribution in [-0.2, 0) is 19.3 Å². The van der Waals surface area contributed by atoms with E-state index in [0.29, 0.717) is 6.04 Å². The van der Waals surface area contributed by atoms with Crippen molar-refractivity contribution in [3.8, 4) is 5.75 Å². The van der Waals surface area contributed by atoms with Gasteiger partial charge in [0.1, 0.15) is 5.75 Å². The van der Waals surface area contributed by atoms with Crippen molar-refractivity contribution in [3.05, 3.63) is 64.2 Å². The lowest BCUT2D eigenvalue weighted by molar-refractivity contribution is 0.408. The van der Waals surface area contributed by atoms with E-state index in [4.69, 9.17) is 16.3 Å². The van der Waals surface area contributed by atoms with Gasteiger partial charge in [-0.05, 0) is 60.7 Å². The van der Waals surface area contributed by atoms with Crippen molar-refractivity contribution in [3.63, 3.8) is 0 Å². The molecule has 0 heterocycles. The van der Waals surface area contributed by atoms with E-state index in [2.05, 4.69) is 29.6 Å². The number of halogens is 1. The SMILES string of the molecule is COc1ccccc1CCNC1Cc2ccc(Cl)cc2C1. The second-order valence-electron chi connectivity index (χ2n) is 5.53. The van der Waals surface area contributed by atoms with Crippen LogP contribution in [0.3, 0.4) is 0 Å². The van der Waals surface area contributed by atoms with Crippen molar-refractivity contribution in [2.24, 2.45) is 0 Å². The fraction of sp³-hybridized carbons (Fsp3) is 0.333. The van der Waals surface area contributed by atoms with E-state index >= 15 is 0 Å². The summed E-state index contributed by atoms with van der Waals surface area (Å²) in [5, 5.41) is 4.49. The quantitative estimate of drug-likeness (QED) is 0.910. The average Bonchev–Trinajstić information content (AvgIpc) is 2.89. The first-order valence-electron chi connectivity index (χ1n) is 7.39. The van der Waals surface area contributed by atoms with Gasteiger partial charge in [-0.1, -0.05) is 35.9 Å². The summed E-state index contributed by atoms with van der Waals surface area (Å²) in [5.41, 5.74) is 4.07. The monoisotopic (exact) mass is 301 g/mol. The highest BCUT2D eigenvalue weighted by Gasteiger charge is 2.20. The van der Waals surface area contributed by atoms with Gasteiger partial charge in [-0.3, -0.25) is 0 Å². The molecule has 0 spiro atoms. The van der Waals surface area contributed by atoms with Gasteiger partial charge in [-0.25, -0.2) is 0 Å². The number of para-hydroxylation sites is 1. The first-order chi connectivity index (χ1) is 10.3. The number of rotatable bonds is 5. The zero-order chi connectivity index (χ0) is 14.7. The topological polar surface area (TPSA) is 21.3 Å². The normalized spacial score (nSPS) is 16.8.